The van der Waals surface area contributed by atoms with Crippen molar-refractivity contribution in [3.05, 3.63) is 56.2 Å². The van der Waals surface area contributed by atoms with Gasteiger partial charge >= 0.3 is 5.69 Å². The molecule has 10 heteroatoms. The molecule has 0 bridgehead atoms. The minimum atomic E-state index is -0.465. The summed E-state index contributed by atoms with van der Waals surface area (Å²) < 4.78 is 1.73. The fraction of sp³-hybridized carbons (Fsp3) is 0.364. The van der Waals surface area contributed by atoms with Gasteiger partial charge < -0.3 is 10.1 Å². The predicted molar refractivity (Wildman–Crippen MR) is 121 cm³/mol. The Kier molecular flexibility index (Phi) is 4.69. The molecule has 9 nitrogen and oxygen atoms in total. The van der Waals surface area contributed by atoms with Gasteiger partial charge in [0, 0.05) is 22.7 Å². The molecule has 0 aromatic carbocycles. The Morgan fingerprint density at radius 3 is 2.84 bits per heavy atom. The first-order valence-corrected chi connectivity index (χ1v) is 11.7. The van der Waals surface area contributed by atoms with Crippen LogP contribution in [-0.2, 0) is 6.54 Å². The van der Waals surface area contributed by atoms with Crippen molar-refractivity contribution in [2.75, 3.05) is 13.1 Å². The molecule has 3 N–H and O–H groups in total. The maximum atomic E-state index is 11.5. The van der Waals surface area contributed by atoms with Gasteiger partial charge in [0.2, 0.25) is 5.88 Å². The first-order valence-electron chi connectivity index (χ1n) is 10.9. The minimum Gasteiger partial charge on any atom is -0.493 e. The molecule has 0 unspecified atom stereocenters. The van der Waals surface area contributed by atoms with Crippen LogP contribution < -0.4 is 16.4 Å². The smallest absolute Gasteiger partial charge is 0.326 e. The zero-order chi connectivity index (χ0) is 21.7. The van der Waals surface area contributed by atoms with Crippen molar-refractivity contribution in [3.63, 3.8) is 0 Å². The molecule has 4 aromatic heterocycles. The zero-order valence-electron chi connectivity index (χ0n) is 17.4. The Balaban J connectivity index is 1.46. The van der Waals surface area contributed by atoms with Crippen LogP contribution >= 0.6 is 11.3 Å². The molecule has 5 heterocycles. The molecule has 2 aliphatic rings. The van der Waals surface area contributed by atoms with Gasteiger partial charge in [-0.25, -0.2) is 9.78 Å². The summed E-state index contributed by atoms with van der Waals surface area (Å²) in [6.45, 7) is 3.33. The van der Waals surface area contributed by atoms with E-state index >= 15 is 0 Å². The Morgan fingerprint density at radius 1 is 1.25 bits per heavy atom. The van der Waals surface area contributed by atoms with E-state index in [4.69, 9.17) is 9.98 Å². The first-order chi connectivity index (χ1) is 15.6. The van der Waals surface area contributed by atoms with Crippen molar-refractivity contribution >= 4 is 23.1 Å². The second kappa shape index (κ2) is 7.72. The highest BCUT2D eigenvalue weighted by Gasteiger charge is 2.21. The van der Waals surface area contributed by atoms with E-state index in [2.05, 4.69) is 32.1 Å². The van der Waals surface area contributed by atoms with Crippen LogP contribution in [0.3, 0.4) is 0 Å². The summed E-state index contributed by atoms with van der Waals surface area (Å²) in [6, 6.07) is 6.66. The van der Waals surface area contributed by atoms with Crippen molar-refractivity contribution in [3.8, 4) is 16.5 Å². The van der Waals surface area contributed by atoms with Gasteiger partial charge in [0.05, 0.1) is 22.8 Å². The molecule has 1 saturated heterocycles. The van der Waals surface area contributed by atoms with E-state index in [1.807, 2.05) is 6.07 Å². The van der Waals surface area contributed by atoms with Gasteiger partial charge in [-0.2, -0.15) is 9.61 Å². The van der Waals surface area contributed by atoms with Crippen molar-refractivity contribution < 1.29 is 5.11 Å². The number of fused-ring (bicyclic) bond motifs is 1. The van der Waals surface area contributed by atoms with Crippen LogP contribution in [-0.4, -0.2) is 53.7 Å². The Hall–Kier alpha value is -3.24. The molecule has 0 radical (unpaired) electrons. The third kappa shape index (κ3) is 3.76. The van der Waals surface area contributed by atoms with Gasteiger partial charge in [0.15, 0.2) is 11.1 Å². The number of nitrogens with one attached hydrogen (secondary N) is 2. The van der Waals surface area contributed by atoms with E-state index in [1.165, 1.54) is 30.8 Å². The number of hydrogen-bond acceptors (Lipinski definition) is 7. The summed E-state index contributed by atoms with van der Waals surface area (Å²) >= 11 is 1.76. The Bertz CT molecular complexity index is 1470. The van der Waals surface area contributed by atoms with Gasteiger partial charge in [0.1, 0.15) is 5.69 Å². The number of aromatic hydroxyl groups is 1. The average Bonchev–Trinajstić information content (AvgIpc) is 3.17. The summed E-state index contributed by atoms with van der Waals surface area (Å²) in [7, 11) is 0. The van der Waals surface area contributed by atoms with Gasteiger partial charge in [-0.1, -0.05) is 0 Å². The molecule has 1 aliphatic heterocycles. The number of aromatic nitrogens is 5. The molecule has 2 fully saturated rings. The lowest BCUT2D eigenvalue weighted by molar-refractivity contribution is 0.334. The Labute approximate surface area is 186 Å². The molecule has 1 saturated carbocycles. The highest BCUT2D eigenvalue weighted by Crippen LogP contribution is 2.28. The molecule has 6 rings (SSSR count). The standard InChI is InChI=1S/C22H23N7O2S/c30-21-17(26-22(31)27-21)9-13-11-23-29-19(24-14-3-4-14)10-16(25-20(13)29)18-6-5-15(32-18)12-28-7-1-2-8-28/h5-6,9-11,14,30H,1-4,7-8,12H2,(H2,26,27,31)/b13-9-,24-19?. The van der Waals surface area contributed by atoms with Gasteiger partial charge in [-0.3, -0.25) is 14.9 Å². The number of aromatic amines is 2. The number of likely N-dealkylation sites (tertiary alicyclic amines) is 1. The first kappa shape index (κ1) is 19.4. The molecule has 32 heavy (non-hydrogen) atoms. The zero-order valence-corrected chi connectivity index (χ0v) is 18.2. The molecule has 1 aliphatic carbocycles. The second-order valence-electron chi connectivity index (χ2n) is 8.43. The lowest BCUT2D eigenvalue weighted by atomic mass is 10.3. The van der Waals surface area contributed by atoms with Crippen molar-refractivity contribution in [1.82, 2.24) is 29.5 Å². The quantitative estimate of drug-likeness (QED) is 0.426. The monoisotopic (exact) mass is 449 g/mol. The summed E-state index contributed by atoms with van der Waals surface area (Å²) in [5.74, 6) is -0.210. The van der Waals surface area contributed by atoms with Crippen molar-refractivity contribution in [2.24, 2.45) is 4.99 Å². The maximum Gasteiger partial charge on any atom is 0.326 e. The Morgan fingerprint density at radius 2 is 2.09 bits per heavy atom. The largest absolute Gasteiger partial charge is 0.493 e. The molecule has 164 valence electrons. The fourth-order valence-corrected chi connectivity index (χ4v) is 5.09. The normalized spacial score (nSPS) is 18.4. The van der Waals surface area contributed by atoms with Gasteiger partial charge in [0.25, 0.3) is 0 Å². The van der Waals surface area contributed by atoms with E-state index in [-0.39, 0.29) is 5.88 Å². The second-order valence-corrected chi connectivity index (χ2v) is 9.60. The number of imidazole rings is 1. The third-order valence-electron chi connectivity index (χ3n) is 5.87. The van der Waals surface area contributed by atoms with Crippen LogP contribution in [0.25, 0.3) is 22.3 Å². The summed E-state index contributed by atoms with van der Waals surface area (Å²) in [5, 5.41) is 15.1. The van der Waals surface area contributed by atoms with Crippen molar-refractivity contribution in [2.45, 2.75) is 38.3 Å². The lowest BCUT2D eigenvalue weighted by Gasteiger charge is -2.12. The molecule has 0 atom stereocenters. The SMILES string of the molecule is O=c1[nH]c(O)c(/C=c2/cnn3c(=NC4CC4)cc(-c4ccc(CN5CCCC5)s4)nc23)[nH]1. The topological polar surface area (TPSA) is 115 Å². The van der Waals surface area contributed by atoms with E-state index < -0.39 is 5.69 Å². The number of H-pyrrole nitrogens is 2. The number of thiophene rings is 1. The number of rotatable bonds is 5. The molecule has 0 amide bonds. The molecule has 4 aromatic rings. The summed E-state index contributed by atoms with van der Waals surface area (Å²) in [5.41, 5.74) is 2.09. The van der Waals surface area contributed by atoms with E-state index in [1.54, 1.807) is 28.1 Å². The highest BCUT2D eigenvalue weighted by molar-refractivity contribution is 7.15. The summed E-state index contributed by atoms with van der Waals surface area (Å²) in [4.78, 5) is 31.1. The van der Waals surface area contributed by atoms with Crippen LogP contribution in [0, 0.1) is 0 Å². The van der Waals surface area contributed by atoms with Crippen LogP contribution in [0.4, 0.5) is 0 Å². The van der Waals surface area contributed by atoms with E-state index in [9.17, 15) is 9.90 Å². The van der Waals surface area contributed by atoms with E-state index in [0.29, 0.717) is 22.6 Å². The van der Waals surface area contributed by atoms with Crippen molar-refractivity contribution in [1.29, 1.82) is 0 Å². The van der Waals surface area contributed by atoms with Crippen LogP contribution in [0.1, 0.15) is 36.3 Å². The van der Waals surface area contributed by atoms with Crippen LogP contribution in [0.5, 0.6) is 5.88 Å². The number of hydrogen-bond donors (Lipinski definition) is 3. The van der Waals surface area contributed by atoms with Gasteiger partial charge in [-0.15, -0.1) is 11.3 Å². The predicted octanol–water partition coefficient (Wildman–Crippen LogP) is 1.39. The summed E-state index contributed by atoms with van der Waals surface area (Å²) in [6.07, 6.45) is 8.10. The average molecular weight is 450 g/mol. The fourth-order valence-electron chi connectivity index (χ4n) is 4.08. The molecular weight excluding hydrogens is 426 g/mol. The molecule has 0 spiro atoms. The molecular formula is C22H23N7O2S. The van der Waals surface area contributed by atoms with Gasteiger partial charge in [-0.05, 0) is 57.0 Å². The number of nitrogens with zero attached hydrogens (tertiary/aromatic N) is 5. The van der Waals surface area contributed by atoms with Crippen LogP contribution in [0.2, 0.25) is 0 Å². The minimum absolute atomic E-state index is 0.210. The lowest BCUT2D eigenvalue weighted by Crippen LogP contribution is -2.19. The van der Waals surface area contributed by atoms with E-state index in [0.717, 1.165) is 35.4 Å². The highest BCUT2D eigenvalue weighted by atomic mass is 32.1. The maximum absolute atomic E-state index is 11.5. The van der Waals surface area contributed by atoms with Crippen LogP contribution in [0.15, 0.2) is 34.2 Å². The third-order valence-corrected chi connectivity index (χ3v) is 6.96.